The van der Waals surface area contributed by atoms with Crippen molar-refractivity contribution in [3.05, 3.63) is 89.2 Å². The van der Waals surface area contributed by atoms with Gasteiger partial charge in [0.05, 0.1) is 24.3 Å². The van der Waals surface area contributed by atoms with Crippen molar-refractivity contribution >= 4 is 62.8 Å². The number of anilines is 1. The molecular weight excluding hydrogens is 518 g/mol. The highest BCUT2D eigenvalue weighted by atomic mass is 35.5. The summed E-state index contributed by atoms with van der Waals surface area (Å²) >= 11 is 11.2. The lowest BCUT2D eigenvalue weighted by Crippen LogP contribution is -2.36. The predicted octanol–water partition coefficient (Wildman–Crippen LogP) is 4.32. The highest BCUT2D eigenvalue weighted by molar-refractivity contribution is 8.08. The van der Waals surface area contributed by atoms with E-state index < -0.39 is 0 Å². The molecule has 0 bridgehead atoms. The van der Waals surface area contributed by atoms with E-state index in [0.717, 1.165) is 59.1 Å². The van der Waals surface area contributed by atoms with Gasteiger partial charge in [-0.05, 0) is 36.8 Å². The molecule has 0 radical (unpaired) electrons. The lowest BCUT2D eigenvalue weighted by atomic mass is 10.1. The van der Waals surface area contributed by atoms with Crippen molar-refractivity contribution in [1.82, 2.24) is 4.57 Å². The normalized spacial score (nSPS) is 15.1. The zero-order chi connectivity index (χ0) is 24.5. The van der Waals surface area contributed by atoms with Gasteiger partial charge in [-0.15, -0.1) is 11.3 Å². The Kier molecular flexibility index (Phi) is 7.07. The summed E-state index contributed by atoms with van der Waals surface area (Å²) in [7, 11) is 3.68. The van der Waals surface area contributed by atoms with E-state index in [9.17, 15) is 4.79 Å². The number of halogens is 1. The van der Waals surface area contributed by atoms with Gasteiger partial charge >= 0.3 is 0 Å². The van der Waals surface area contributed by atoms with Gasteiger partial charge in [0.15, 0.2) is 12.7 Å². The van der Waals surface area contributed by atoms with Crippen molar-refractivity contribution in [2.75, 3.05) is 19.1 Å². The largest absolute Gasteiger partial charge is 0.497 e. The molecule has 0 amide bonds. The zero-order valence-corrected chi connectivity index (χ0v) is 22.9. The van der Waals surface area contributed by atoms with Crippen LogP contribution in [-0.4, -0.2) is 18.7 Å². The van der Waals surface area contributed by atoms with Gasteiger partial charge < -0.3 is 9.64 Å². The Morgan fingerprint density at radius 2 is 2.03 bits per heavy atom. The summed E-state index contributed by atoms with van der Waals surface area (Å²) in [6.45, 7) is 3.46. The van der Waals surface area contributed by atoms with Gasteiger partial charge in [0.2, 0.25) is 0 Å². The van der Waals surface area contributed by atoms with Crippen LogP contribution in [0.4, 0.5) is 5.69 Å². The van der Waals surface area contributed by atoms with Gasteiger partial charge in [-0.1, -0.05) is 52.9 Å². The fraction of sp³-hybridized carbons (Fsp3) is 0.231. The van der Waals surface area contributed by atoms with E-state index in [-0.39, 0.29) is 5.56 Å². The molecule has 5 rings (SSSR count). The predicted molar refractivity (Wildman–Crippen MR) is 147 cm³/mol. The molecule has 1 aliphatic heterocycles. The zero-order valence-electron chi connectivity index (χ0n) is 19.7. The topological polar surface area (TPSA) is 38.4 Å². The van der Waals surface area contributed by atoms with Crippen LogP contribution < -0.4 is 29.0 Å². The van der Waals surface area contributed by atoms with Gasteiger partial charge in [0.1, 0.15) is 20.0 Å². The summed E-state index contributed by atoms with van der Waals surface area (Å²) in [6, 6.07) is 14.0. The Bertz CT molecular complexity index is 1570. The molecule has 0 saturated heterocycles. The van der Waals surface area contributed by atoms with Gasteiger partial charge in [0, 0.05) is 29.9 Å². The van der Waals surface area contributed by atoms with Gasteiger partial charge in [-0.25, -0.2) is 0 Å². The molecule has 35 heavy (non-hydrogen) atoms. The Balaban J connectivity index is 1.53. The smallest absolute Gasteiger partial charge is 0.271 e. The molecule has 0 fully saturated rings. The molecule has 9 heteroatoms. The quantitative estimate of drug-likeness (QED) is 0.340. The van der Waals surface area contributed by atoms with Gasteiger partial charge in [-0.3, -0.25) is 9.36 Å². The fourth-order valence-electron chi connectivity index (χ4n) is 4.09. The number of ether oxygens (including phenoxy) is 1. The number of aryl methyl sites for hydroxylation is 2. The molecule has 0 aliphatic carbocycles. The minimum Gasteiger partial charge on any atom is -0.497 e. The summed E-state index contributed by atoms with van der Waals surface area (Å²) in [5, 5.41) is 4.95. The number of thioether (sulfide) groups is 1. The molecule has 2 aromatic heterocycles. The number of thiazole rings is 2. The molecule has 180 valence electrons. The van der Waals surface area contributed by atoms with Crippen molar-refractivity contribution in [1.29, 1.82) is 0 Å². The number of hydrogen-bond acceptors (Lipinski definition) is 6. The monoisotopic (exact) mass is 542 g/mol. The molecule has 0 unspecified atom stereocenters. The summed E-state index contributed by atoms with van der Waals surface area (Å²) < 4.78 is 11.2. The Morgan fingerprint density at radius 3 is 2.80 bits per heavy atom. The first kappa shape index (κ1) is 24.2. The van der Waals surface area contributed by atoms with E-state index in [4.69, 9.17) is 16.3 Å². The van der Waals surface area contributed by atoms with E-state index in [0.29, 0.717) is 6.54 Å². The molecule has 4 aromatic rings. The average Bonchev–Trinajstić information content (AvgIpc) is 3.54. The molecule has 5 nitrogen and oxygen atoms in total. The van der Waals surface area contributed by atoms with Crippen LogP contribution >= 0.6 is 46.0 Å². The molecule has 0 saturated carbocycles. The molecule has 2 aromatic carbocycles. The van der Waals surface area contributed by atoms with Gasteiger partial charge in [-0.2, -0.15) is 4.57 Å². The Morgan fingerprint density at radius 1 is 1.20 bits per heavy atom. The summed E-state index contributed by atoms with van der Waals surface area (Å²) in [4.78, 5) is 16.6. The van der Waals surface area contributed by atoms with Crippen LogP contribution in [0.25, 0.3) is 11.1 Å². The molecule has 1 aliphatic rings. The van der Waals surface area contributed by atoms with E-state index in [1.807, 2.05) is 54.9 Å². The highest BCUT2D eigenvalue weighted by Gasteiger charge is 2.25. The first-order chi connectivity index (χ1) is 17.0. The Hall–Kier alpha value is -2.52. The standard InChI is InChI=1S/C26H25ClN3O2S3/c1-4-30-23(16-22-29(13-14-33-22)12-11-17-7-5-6-8-19(17)27)35-24(25(30)31)26-28(2)20-10-9-18(32-3)15-21(20)34-26/h5-10,13-16H,4,11-12H2,1-3H3/q+1/b26-24+. The number of rotatable bonds is 6. The van der Waals surface area contributed by atoms with Crippen LogP contribution in [0.15, 0.2) is 63.7 Å². The van der Waals surface area contributed by atoms with Crippen molar-refractivity contribution in [3.8, 4) is 5.75 Å². The summed E-state index contributed by atoms with van der Waals surface area (Å²) in [5.41, 5.74) is 2.27. The molecule has 0 spiro atoms. The van der Waals surface area contributed by atoms with Crippen molar-refractivity contribution in [2.45, 2.75) is 31.3 Å². The molecular formula is C26H25ClN3O2S3+. The molecule has 3 heterocycles. The van der Waals surface area contributed by atoms with Crippen LogP contribution in [0.1, 0.15) is 17.5 Å². The third-order valence-corrected chi connectivity index (χ3v) is 9.69. The molecule has 0 atom stereocenters. The van der Waals surface area contributed by atoms with Crippen molar-refractivity contribution in [3.63, 3.8) is 0 Å². The maximum atomic E-state index is 13.4. The number of benzene rings is 2. The lowest BCUT2D eigenvalue weighted by molar-refractivity contribution is -0.693. The van der Waals surface area contributed by atoms with E-state index in [1.54, 1.807) is 41.5 Å². The highest BCUT2D eigenvalue weighted by Crippen LogP contribution is 2.46. The minimum absolute atomic E-state index is 0.0528. The number of methoxy groups -OCH3 is 1. The summed E-state index contributed by atoms with van der Waals surface area (Å²) in [6.07, 6.45) is 5.07. The van der Waals surface area contributed by atoms with Gasteiger partial charge in [0.25, 0.3) is 10.6 Å². The van der Waals surface area contributed by atoms with Crippen molar-refractivity contribution in [2.24, 2.45) is 0 Å². The van der Waals surface area contributed by atoms with E-state index in [2.05, 4.69) is 33.2 Å². The Labute approximate surface area is 221 Å². The van der Waals surface area contributed by atoms with E-state index >= 15 is 0 Å². The lowest BCUT2D eigenvalue weighted by Gasteiger charge is -2.12. The van der Waals surface area contributed by atoms with Crippen LogP contribution in [0, 0.1) is 0 Å². The maximum Gasteiger partial charge on any atom is 0.271 e. The van der Waals surface area contributed by atoms with Crippen LogP contribution in [0.3, 0.4) is 0 Å². The SMILES string of the molecule is CCn1c(=O)/c(=C2\Sc3cc(OC)ccc3N2C)s/c1=C\c1scc[n+]1CCc1ccccc1Cl. The second-order valence-corrected chi connectivity index (χ2v) is 11.4. The number of nitrogens with zero attached hydrogens (tertiary/aromatic N) is 3. The third-order valence-electron chi connectivity index (χ3n) is 6.00. The second-order valence-electron chi connectivity index (χ2n) is 8.04. The number of fused-ring (bicyclic) bond motifs is 1. The first-order valence-corrected chi connectivity index (χ1v) is 14.1. The first-order valence-electron chi connectivity index (χ1n) is 11.3. The van der Waals surface area contributed by atoms with Crippen molar-refractivity contribution < 1.29 is 9.30 Å². The number of aromatic nitrogens is 2. The van der Waals surface area contributed by atoms with E-state index in [1.165, 1.54) is 0 Å². The number of hydrogen-bond donors (Lipinski definition) is 0. The second kappa shape index (κ2) is 10.2. The van der Waals surface area contributed by atoms with Crippen LogP contribution in [0.5, 0.6) is 5.75 Å². The fourth-order valence-corrected chi connectivity index (χ4v) is 7.69. The molecule has 0 N–H and O–H groups in total. The third kappa shape index (κ3) is 4.68. The van der Waals surface area contributed by atoms with Crippen LogP contribution in [0.2, 0.25) is 5.02 Å². The maximum absolute atomic E-state index is 13.4. The summed E-state index contributed by atoms with van der Waals surface area (Å²) in [5.74, 6) is 0.816. The van der Waals surface area contributed by atoms with Crippen LogP contribution in [-0.2, 0) is 19.5 Å². The average molecular weight is 543 g/mol. The minimum atomic E-state index is 0.0528.